The first-order chi connectivity index (χ1) is 41.2. The predicted octanol–water partition coefficient (Wildman–Crippen LogP) is 17.8. The first-order valence-corrected chi connectivity index (χ1v) is 35.9. The van der Waals surface area contributed by atoms with Gasteiger partial charge in [-0.05, 0) is 83.5 Å². The van der Waals surface area contributed by atoms with Gasteiger partial charge in [-0.25, -0.2) is 9.13 Å². The molecule has 0 rings (SSSR count). The molecular formula is C67H118O16P2. The predicted molar refractivity (Wildman–Crippen MR) is 344 cm³/mol. The van der Waals surface area contributed by atoms with Crippen molar-refractivity contribution in [1.82, 2.24) is 0 Å². The van der Waals surface area contributed by atoms with E-state index in [1.807, 2.05) is 18.2 Å². The average molecular weight is 1240 g/mol. The van der Waals surface area contributed by atoms with Gasteiger partial charge in [0.05, 0.1) is 26.4 Å². The minimum atomic E-state index is -4.92. The summed E-state index contributed by atoms with van der Waals surface area (Å²) in [7, 11) is -9.79. The van der Waals surface area contributed by atoms with E-state index < -0.39 is 91.5 Å². The summed E-state index contributed by atoms with van der Waals surface area (Å²) in [5.74, 6) is -1.66. The Kier molecular flexibility index (Phi) is 58.6. The number of hydrogen-bond donors (Lipinski definition) is 4. The number of ether oxygens (including phenoxy) is 3. The van der Waals surface area contributed by atoms with E-state index in [9.17, 15) is 43.5 Å². The molecule has 5 atom stereocenters. The average Bonchev–Trinajstić information content (AvgIpc) is 3.52. The summed E-state index contributed by atoms with van der Waals surface area (Å²) in [5.41, 5.74) is 0. The van der Waals surface area contributed by atoms with Gasteiger partial charge in [-0.15, -0.1) is 0 Å². The quantitative estimate of drug-likeness (QED) is 0.0146. The van der Waals surface area contributed by atoms with Gasteiger partial charge in [0, 0.05) is 19.3 Å². The second kappa shape index (κ2) is 61.0. The van der Waals surface area contributed by atoms with Crippen LogP contribution in [0, 0.1) is 0 Å². The lowest BCUT2D eigenvalue weighted by Crippen LogP contribution is -2.30. The van der Waals surface area contributed by atoms with E-state index in [0.717, 1.165) is 96.3 Å². The third kappa shape index (κ3) is 62.1. The molecule has 85 heavy (non-hydrogen) atoms. The monoisotopic (exact) mass is 1240 g/mol. The number of phosphoric acid groups is 2. The molecule has 492 valence electrons. The van der Waals surface area contributed by atoms with Gasteiger partial charge in [0.1, 0.15) is 25.4 Å². The maximum atomic E-state index is 12.9. The number of carbonyl (C=O) groups excluding carboxylic acids is 3. The van der Waals surface area contributed by atoms with Crippen LogP contribution in [0.1, 0.15) is 265 Å². The van der Waals surface area contributed by atoms with E-state index in [0.29, 0.717) is 25.7 Å². The van der Waals surface area contributed by atoms with Gasteiger partial charge in [0.25, 0.3) is 0 Å². The van der Waals surface area contributed by atoms with Crippen molar-refractivity contribution < 1.29 is 75.8 Å². The zero-order valence-electron chi connectivity index (χ0n) is 53.0. The Balaban J connectivity index is 4.72. The molecule has 18 heteroatoms. The van der Waals surface area contributed by atoms with Crippen molar-refractivity contribution in [3.63, 3.8) is 0 Å². The van der Waals surface area contributed by atoms with E-state index in [4.69, 9.17) is 32.3 Å². The van der Waals surface area contributed by atoms with Crippen molar-refractivity contribution >= 4 is 33.6 Å². The number of allylic oxidation sites excluding steroid dienone is 14. The van der Waals surface area contributed by atoms with Gasteiger partial charge in [-0.1, -0.05) is 247 Å². The number of carbonyl (C=O) groups is 3. The van der Waals surface area contributed by atoms with E-state index in [2.05, 4.69) is 87.6 Å². The van der Waals surface area contributed by atoms with Crippen molar-refractivity contribution in [3.8, 4) is 0 Å². The molecule has 0 aromatic rings. The standard InChI is InChI=1S/C67H118O16P2/c1-4-7-10-13-16-19-22-25-28-29-30-31-34-36-38-41-44-47-50-53-65(70)77-56-62(68)57-79-84(73,74)80-58-63(69)59-81-85(75,76)82-61-64(83-67(72)55-52-49-46-43-40-37-33-27-24-21-18-15-12-9-6-3)60-78-66(71)54-51-48-45-42-39-35-32-26-23-20-17-14-11-8-5-2/h7,10,16,19,25-26,28,30-32,36,38,44,47,62-64,68-69H,4-6,8-9,11-15,17-18,20-24,27,29,33-35,37,39-43,45-46,48-61H2,1-3H3,(H,73,74)(H,75,76)/b10-7-,19-16-,28-25-,31-30-,32-26-,38-36-,47-44-. The first-order valence-electron chi connectivity index (χ1n) is 32.9. The number of rotatable bonds is 62. The maximum Gasteiger partial charge on any atom is 0.472 e. The topological polar surface area (TPSA) is 231 Å². The Bertz CT molecular complexity index is 1900. The normalized spacial score (nSPS) is 14.9. The Hall–Kier alpha value is -3.27. The van der Waals surface area contributed by atoms with E-state index in [-0.39, 0.29) is 19.3 Å². The molecule has 0 aromatic carbocycles. The van der Waals surface area contributed by atoms with Gasteiger partial charge in [-0.2, -0.15) is 0 Å². The van der Waals surface area contributed by atoms with Crippen LogP contribution in [0.4, 0.5) is 0 Å². The molecule has 0 aliphatic rings. The van der Waals surface area contributed by atoms with Crippen LogP contribution >= 0.6 is 15.6 Å². The summed E-state index contributed by atoms with van der Waals surface area (Å²) in [4.78, 5) is 58.2. The first kappa shape index (κ1) is 81.7. The third-order valence-electron chi connectivity index (χ3n) is 13.6. The lowest BCUT2D eigenvalue weighted by molar-refractivity contribution is -0.161. The van der Waals surface area contributed by atoms with Gasteiger partial charge < -0.3 is 34.2 Å². The lowest BCUT2D eigenvalue weighted by atomic mass is 10.0. The molecule has 0 heterocycles. The lowest BCUT2D eigenvalue weighted by Gasteiger charge is -2.21. The molecule has 16 nitrogen and oxygen atoms in total. The number of esters is 3. The van der Waals surface area contributed by atoms with Crippen LogP contribution in [0.25, 0.3) is 0 Å². The summed E-state index contributed by atoms with van der Waals surface area (Å²) in [6, 6.07) is 0. The molecule has 0 saturated heterocycles. The molecule has 0 fully saturated rings. The minimum Gasteiger partial charge on any atom is -0.463 e. The largest absolute Gasteiger partial charge is 0.472 e. The van der Waals surface area contributed by atoms with Gasteiger partial charge in [-0.3, -0.25) is 32.5 Å². The summed E-state index contributed by atoms with van der Waals surface area (Å²) in [5, 5.41) is 20.5. The Morgan fingerprint density at radius 1 is 0.341 bits per heavy atom. The van der Waals surface area contributed by atoms with E-state index in [1.165, 1.54) is 103 Å². The highest BCUT2D eigenvalue weighted by Gasteiger charge is 2.29. The highest BCUT2D eigenvalue weighted by Crippen LogP contribution is 2.45. The minimum absolute atomic E-state index is 0.0601. The smallest absolute Gasteiger partial charge is 0.463 e. The van der Waals surface area contributed by atoms with E-state index in [1.54, 1.807) is 0 Å². The molecule has 4 N–H and O–H groups in total. The highest BCUT2D eigenvalue weighted by atomic mass is 31.2. The van der Waals surface area contributed by atoms with Gasteiger partial charge >= 0.3 is 33.6 Å². The number of aliphatic hydroxyl groups is 2. The van der Waals surface area contributed by atoms with Crippen LogP contribution in [0.15, 0.2) is 85.1 Å². The molecule has 0 aromatic heterocycles. The van der Waals surface area contributed by atoms with Crippen LogP contribution in [0.3, 0.4) is 0 Å². The van der Waals surface area contributed by atoms with Crippen LogP contribution < -0.4 is 0 Å². The maximum absolute atomic E-state index is 12.9. The number of phosphoric ester groups is 2. The molecule has 0 radical (unpaired) electrons. The number of aliphatic hydroxyl groups excluding tert-OH is 2. The highest BCUT2D eigenvalue weighted by molar-refractivity contribution is 7.47. The molecule has 0 spiro atoms. The van der Waals surface area contributed by atoms with Crippen LogP contribution in [0.5, 0.6) is 0 Å². The molecular weight excluding hydrogens is 1120 g/mol. The molecule has 0 amide bonds. The Morgan fingerprint density at radius 2 is 0.647 bits per heavy atom. The van der Waals surface area contributed by atoms with Crippen LogP contribution in [-0.2, 0) is 55.8 Å². The molecule has 0 bridgehead atoms. The zero-order chi connectivity index (χ0) is 62.4. The Morgan fingerprint density at radius 3 is 1.06 bits per heavy atom. The SMILES string of the molecule is CC/C=C\C/C=C\C/C=C\C/C=C\C/C=C\C/C=C\CCC(=O)OCC(O)COP(=O)(O)OCC(O)COP(=O)(O)OCC(COC(=O)CCCCCCC/C=C\CCCCCCCC)OC(=O)CCCCCCCCCCCCCCCCC. The van der Waals surface area contributed by atoms with Crippen molar-refractivity contribution in [2.24, 2.45) is 0 Å². The van der Waals surface area contributed by atoms with Crippen molar-refractivity contribution in [2.45, 2.75) is 283 Å². The fraction of sp³-hybridized carbons (Fsp3) is 0.746. The van der Waals surface area contributed by atoms with Crippen LogP contribution in [0.2, 0.25) is 0 Å². The van der Waals surface area contributed by atoms with Crippen molar-refractivity contribution in [3.05, 3.63) is 85.1 Å². The zero-order valence-corrected chi connectivity index (χ0v) is 54.8. The second-order valence-electron chi connectivity index (χ2n) is 21.9. The second-order valence-corrected chi connectivity index (χ2v) is 24.8. The van der Waals surface area contributed by atoms with Crippen molar-refractivity contribution in [1.29, 1.82) is 0 Å². The number of hydrogen-bond acceptors (Lipinski definition) is 14. The van der Waals surface area contributed by atoms with Crippen molar-refractivity contribution in [2.75, 3.05) is 39.6 Å². The third-order valence-corrected chi connectivity index (χ3v) is 15.5. The summed E-state index contributed by atoms with van der Waals surface area (Å²) >= 11 is 0. The summed E-state index contributed by atoms with van der Waals surface area (Å²) in [6.45, 7) is 2.46. The molecule has 5 unspecified atom stereocenters. The number of unbranched alkanes of at least 4 members (excludes halogenated alkanes) is 25. The fourth-order valence-electron chi connectivity index (χ4n) is 8.59. The van der Waals surface area contributed by atoms with Gasteiger partial charge in [0.2, 0.25) is 0 Å². The van der Waals surface area contributed by atoms with Gasteiger partial charge in [0.15, 0.2) is 6.10 Å². The Labute approximate surface area is 515 Å². The molecule has 0 aliphatic heterocycles. The fourth-order valence-corrected chi connectivity index (χ4v) is 10.2. The summed E-state index contributed by atoms with van der Waals surface area (Å²) in [6.07, 6.45) is 63.7. The summed E-state index contributed by atoms with van der Waals surface area (Å²) < 4.78 is 60.7. The van der Waals surface area contributed by atoms with E-state index >= 15 is 0 Å². The van der Waals surface area contributed by atoms with Crippen LogP contribution in [-0.4, -0.2) is 95.9 Å². The molecule has 0 aliphatic carbocycles. The molecule has 0 saturated carbocycles.